The predicted molar refractivity (Wildman–Crippen MR) is 205 cm³/mol. The number of pyridine rings is 1. The lowest BCUT2D eigenvalue weighted by Crippen LogP contribution is -2.54. The van der Waals surface area contributed by atoms with Crippen molar-refractivity contribution in [3.8, 4) is 6.07 Å². The third-order valence-corrected chi connectivity index (χ3v) is 8.92. The van der Waals surface area contributed by atoms with Gasteiger partial charge in [0.25, 0.3) is 11.8 Å². The fourth-order valence-electron chi connectivity index (χ4n) is 5.93. The van der Waals surface area contributed by atoms with E-state index in [9.17, 15) is 47.4 Å². The molecule has 0 radical (unpaired) electrons. The van der Waals surface area contributed by atoms with Gasteiger partial charge < -0.3 is 53.8 Å². The number of anilines is 1. The summed E-state index contributed by atoms with van der Waals surface area (Å²) in [5, 5.41) is 31.3. The van der Waals surface area contributed by atoms with Crippen molar-refractivity contribution in [2.24, 2.45) is 22.2 Å². The van der Waals surface area contributed by atoms with Gasteiger partial charge in [0.15, 0.2) is 5.96 Å². The first-order valence-electron chi connectivity index (χ1n) is 18.4. The van der Waals surface area contributed by atoms with Crippen LogP contribution in [0.3, 0.4) is 0 Å². The minimum atomic E-state index is -3.22. The largest absolute Gasteiger partial charge is 0.480 e. The van der Waals surface area contributed by atoms with Crippen LogP contribution in [-0.2, 0) is 28.8 Å². The maximum absolute atomic E-state index is 13.8. The average Bonchev–Trinajstić information content (AvgIpc) is 3.50. The number of carboxylic acids is 1. The Labute approximate surface area is 331 Å². The van der Waals surface area contributed by atoms with Gasteiger partial charge in [0.2, 0.25) is 29.5 Å². The zero-order valence-electron chi connectivity index (χ0n) is 31.8. The van der Waals surface area contributed by atoms with Crippen molar-refractivity contribution in [2.75, 3.05) is 31.5 Å². The predicted octanol–water partition coefficient (Wildman–Crippen LogP) is -0.815. The number of nitrogens with one attached hydrogen (secondary N) is 5. The standard InChI is InChI=1S/C36H48F2N12O8/c1-20(31(54)49-26(34(57)58)7-2-3-13-39)46-33(56)25(9-5-14-44-35(41)42)48-28(52)11-10-27(51)47-24-8-4-6-22-23(12-15-43-30(22)24)32(55)45-18-29(53)50-19-36(37,38)16-21(50)17-40/h4,6,8,12,15,20-21,25-26H,2-3,5,7,9-11,13-14,16,18-19,39H2,1H3,(H,45,55)(H,46,56)(H,47,51)(H,48,52)(H,49,54)(H,57,58)(H4,41,42,44)/t20-,21-,25-,26-/m0/s1. The van der Waals surface area contributed by atoms with Crippen molar-refractivity contribution in [1.82, 2.24) is 31.2 Å². The Morgan fingerprint density at radius 2 is 1.71 bits per heavy atom. The molecule has 1 aliphatic heterocycles. The number of likely N-dealkylation sites (tertiary alicyclic amines) is 1. The van der Waals surface area contributed by atoms with Crippen LogP contribution < -0.4 is 43.8 Å². The molecule has 12 N–H and O–H groups in total. The van der Waals surface area contributed by atoms with Crippen LogP contribution in [0.1, 0.15) is 68.6 Å². The number of amides is 6. The molecule has 0 bridgehead atoms. The molecule has 4 atom stereocenters. The van der Waals surface area contributed by atoms with Crippen LogP contribution in [0.25, 0.3) is 10.9 Å². The summed E-state index contributed by atoms with van der Waals surface area (Å²) in [4.78, 5) is 98.0. The van der Waals surface area contributed by atoms with Crippen molar-refractivity contribution in [1.29, 1.82) is 5.26 Å². The van der Waals surface area contributed by atoms with Crippen molar-refractivity contribution in [3.05, 3.63) is 36.0 Å². The number of aliphatic imine (C=N–C) groups is 1. The van der Waals surface area contributed by atoms with Crippen LogP contribution in [0.15, 0.2) is 35.5 Å². The number of carbonyl (C=O) groups is 7. The van der Waals surface area contributed by atoms with Gasteiger partial charge in [-0.25, -0.2) is 13.6 Å². The molecule has 58 heavy (non-hydrogen) atoms. The summed E-state index contributed by atoms with van der Waals surface area (Å²) in [7, 11) is 0. The van der Waals surface area contributed by atoms with Gasteiger partial charge >= 0.3 is 5.97 Å². The molecule has 6 amide bonds. The number of hydrogen-bond donors (Lipinski definition) is 9. The maximum Gasteiger partial charge on any atom is 0.326 e. The fourth-order valence-corrected chi connectivity index (χ4v) is 5.93. The van der Waals surface area contributed by atoms with Crippen LogP contribution in [0.2, 0.25) is 0 Å². The Morgan fingerprint density at radius 1 is 1.00 bits per heavy atom. The van der Waals surface area contributed by atoms with Gasteiger partial charge in [0.05, 0.1) is 35.9 Å². The highest BCUT2D eigenvalue weighted by molar-refractivity contribution is 6.11. The van der Waals surface area contributed by atoms with E-state index in [1.165, 1.54) is 37.4 Å². The van der Waals surface area contributed by atoms with Gasteiger partial charge in [-0.3, -0.25) is 38.7 Å². The number of carboxylic acid groups (broad SMARTS) is 1. The summed E-state index contributed by atoms with van der Waals surface area (Å²) in [6.07, 6.45) is 1.18. The molecule has 0 spiro atoms. The molecule has 0 saturated carbocycles. The van der Waals surface area contributed by atoms with Crippen molar-refractivity contribution in [3.63, 3.8) is 0 Å². The number of hydrogen-bond acceptors (Lipinski definition) is 11. The van der Waals surface area contributed by atoms with Gasteiger partial charge in [-0.15, -0.1) is 0 Å². The average molecular weight is 815 g/mol. The van der Waals surface area contributed by atoms with Gasteiger partial charge in [-0.2, -0.15) is 5.26 Å². The first-order valence-corrected chi connectivity index (χ1v) is 18.4. The lowest BCUT2D eigenvalue weighted by atomic mass is 10.1. The van der Waals surface area contributed by atoms with E-state index in [0.29, 0.717) is 19.4 Å². The number of para-hydroxylation sites is 1. The number of aliphatic carboxylic acids is 1. The monoisotopic (exact) mass is 814 g/mol. The number of nitriles is 1. The SMILES string of the molecule is C[C@H](NC(=O)[C@H](CCCN=C(N)N)NC(=O)CCC(=O)Nc1cccc2c(C(=O)NCC(=O)N3CC(F)(F)C[C@H]3C#N)ccnc12)C(=O)N[C@@H](CCCCN)C(=O)O. The minimum absolute atomic E-state index is 0.0338. The van der Waals surface area contributed by atoms with E-state index in [1.807, 2.05) is 0 Å². The van der Waals surface area contributed by atoms with Crippen LogP contribution in [0.5, 0.6) is 0 Å². The minimum Gasteiger partial charge on any atom is -0.480 e. The Balaban J connectivity index is 1.61. The number of benzene rings is 1. The van der Waals surface area contributed by atoms with Crippen LogP contribution in [0.4, 0.5) is 14.5 Å². The summed E-state index contributed by atoms with van der Waals surface area (Å²) in [6, 6.07) is 2.69. The molecule has 1 saturated heterocycles. The number of fused-ring (bicyclic) bond motifs is 1. The van der Waals surface area contributed by atoms with Crippen molar-refractivity contribution in [2.45, 2.75) is 88.4 Å². The van der Waals surface area contributed by atoms with E-state index in [4.69, 9.17) is 22.5 Å². The smallest absolute Gasteiger partial charge is 0.326 e. The summed E-state index contributed by atoms with van der Waals surface area (Å²) in [6.45, 7) is 0.237. The molecule has 20 nitrogen and oxygen atoms in total. The van der Waals surface area contributed by atoms with E-state index >= 15 is 0 Å². The summed E-state index contributed by atoms with van der Waals surface area (Å²) in [5.74, 6) is -9.08. The van der Waals surface area contributed by atoms with Crippen molar-refractivity contribution >= 4 is 64.0 Å². The second kappa shape index (κ2) is 21.7. The molecule has 0 aliphatic carbocycles. The molecule has 2 aromatic rings. The van der Waals surface area contributed by atoms with Gasteiger partial charge in [0, 0.05) is 37.4 Å². The van der Waals surface area contributed by atoms with E-state index < -0.39 is 91.0 Å². The van der Waals surface area contributed by atoms with Crippen LogP contribution >= 0.6 is 0 Å². The Bertz CT molecular complexity index is 1920. The Morgan fingerprint density at radius 3 is 2.38 bits per heavy atom. The third-order valence-electron chi connectivity index (χ3n) is 8.92. The second-order valence-electron chi connectivity index (χ2n) is 13.5. The van der Waals surface area contributed by atoms with Gasteiger partial charge in [-0.1, -0.05) is 12.1 Å². The quantitative estimate of drug-likeness (QED) is 0.0423. The molecule has 1 aliphatic rings. The topological polar surface area (TPSA) is 330 Å². The van der Waals surface area contributed by atoms with E-state index in [2.05, 4.69) is 36.6 Å². The molecule has 2 heterocycles. The molecule has 3 rings (SSSR count). The molecule has 22 heteroatoms. The van der Waals surface area contributed by atoms with Crippen molar-refractivity contribution < 1.29 is 47.4 Å². The highest BCUT2D eigenvalue weighted by Gasteiger charge is 2.47. The maximum atomic E-state index is 13.8. The number of guanidine groups is 1. The normalized spacial score (nSPS) is 15.8. The highest BCUT2D eigenvalue weighted by Crippen LogP contribution is 2.31. The van der Waals surface area contributed by atoms with Gasteiger partial charge in [0.1, 0.15) is 24.2 Å². The number of unbranched alkanes of at least 4 members (excludes halogenated alkanes) is 1. The van der Waals surface area contributed by atoms with Crippen LogP contribution in [0, 0.1) is 11.3 Å². The molecule has 1 fully saturated rings. The van der Waals surface area contributed by atoms with Crippen LogP contribution in [-0.4, -0.2) is 119 Å². The van der Waals surface area contributed by atoms with E-state index in [0.717, 1.165) is 4.90 Å². The second-order valence-corrected chi connectivity index (χ2v) is 13.5. The molecule has 1 aromatic heterocycles. The molecular formula is C36H48F2N12O8. The summed E-state index contributed by atoms with van der Waals surface area (Å²) >= 11 is 0. The third kappa shape index (κ3) is 13.9. The number of nitrogens with zero attached hydrogens (tertiary/aromatic N) is 4. The Kier molecular flexibility index (Phi) is 17.2. The number of rotatable bonds is 21. The lowest BCUT2D eigenvalue weighted by Gasteiger charge is -2.22. The summed E-state index contributed by atoms with van der Waals surface area (Å²) < 4.78 is 27.6. The number of aromatic nitrogens is 1. The van der Waals surface area contributed by atoms with Gasteiger partial charge in [-0.05, 0) is 57.7 Å². The highest BCUT2D eigenvalue weighted by atomic mass is 19.3. The first kappa shape index (κ1) is 45.9. The Hall–Kier alpha value is -6.50. The number of halogens is 2. The van der Waals surface area contributed by atoms with E-state index in [-0.39, 0.29) is 66.8 Å². The molecule has 1 aromatic carbocycles. The fraction of sp³-hybridized carbons (Fsp3) is 0.500. The number of nitrogens with two attached hydrogens (primary N) is 3. The lowest BCUT2D eigenvalue weighted by molar-refractivity contribution is -0.142. The summed E-state index contributed by atoms with van der Waals surface area (Å²) in [5.41, 5.74) is 16.6. The number of alkyl halides is 2. The molecule has 0 unspecified atom stereocenters. The zero-order chi connectivity index (χ0) is 43.0. The number of carbonyl (C=O) groups excluding carboxylic acids is 6. The first-order chi connectivity index (χ1) is 27.5. The molecule has 314 valence electrons. The van der Waals surface area contributed by atoms with E-state index in [1.54, 1.807) is 6.07 Å². The zero-order valence-corrected chi connectivity index (χ0v) is 31.8. The molecular weight excluding hydrogens is 766 g/mol.